The molecule has 232 valence electrons. The molecule has 0 aromatic carbocycles. The Morgan fingerprint density at radius 2 is 1.26 bits per heavy atom. The third-order valence-corrected chi connectivity index (χ3v) is 8.76. The van der Waals surface area contributed by atoms with Gasteiger partial charge in [-0.15, -0.1) is 0 Å². The van der Waals surface area contributed by atoms with Crippen molar-refractivity contribution < 1.29 is 39.4 Å². The molecule has 0 aliphatic carbocycles. The number of anilines is 2. The van der Waals surface area contributed by atoms with E-state index in [4.69, 9.17) is 35.5 Å². The molecule has 8 N–H and O–H groups in total. The highest BCUT2D eigenvalue weighted by molar-refractivity contribution is 9.11. The van der Waals surface area contributed by atoms with E-state index >= 15 is 0 Å². The molecule has 0 unspecified atom stereocenters. The van der Waals surface area contributed by atoms with Gasteiger partial charge in [-0.2, -0.15) is 0 Å². The normalized spacial score (nSPS) is 31.4. The number of aliphatic hydroxyl groups excluding tert-OH is 4. The summed E-state index contributed by atoms with van der Waals surface area (Å²) in [6.07, 6.45) is 0.554. The maximum absolute atomic E-state index is 10.1. The lowest BCUT2D eigenvalue weighted by atomic mass is 10.1. The van der Waals surface area contributed by atoms with Crippen molar-refractivity contribution in [1.29, 1.82) is 0 Å². The third kappa shape index (κ3) is 5.18. The van der Waals surface area contributed by atoms with Gasteiger partial charge in [0.25, 0.3) is 0 Å². The summed E-state index contributed by atoms with van der Waals surface area (Å²) in [6.45, 7) is 3.17. The second kappa shape index (κ2) is 11.4. The number of nitrogens with zero attached hydrogens (tertiary/aromatic N) is 6. The van der Waals surface area contributed by atoms with Crippen LogP contribution >= 0.6 is 31.9 Å². The van der Waals surface area contributed by atoms with E-state index in [9.17, 15) is 15.3 Å². The van der Waals surface area contributed by atoms with Crippen LogP contribution in [0.25, 0.3) is 22.1 Å². The van der Waals surface area contributed by atoms with Gasteiger partial charge in [-0.25, -0.2) is 19.9 Å². The van der Waals surface area contributed by atoms with E-state index in [0.29, 0.717) is 32.8 Å². The first kappa shape index (κ1) is 30.5. The topological polar surface area (TPSA) is 231 Å². The van der Waals surface area contributed by atoms with Crippen molar-refractivity contribution in [2.75, 3.05) is 24.7 Å². The Kier molecular flexibility index (Phi) is 8.12. The van der Waals surface area contributed by atoms with E-state index in [1.165, 1.54) is 12.7 Å². The van der Waals surface area contributed by atoms with E-state index in [1.807, 2.05) is 24.6 Å². The molecule has 0 saturated carbocycles. The zero-order chi connectivity index (χ0) is 30.8. The molecule has 3 aliphatic rings. The van der Waals surface area contributed by atoms with Gasteiger partial charge in [0.2, 0.25) is 0 Å². The number of ether oxygens (including phenoxy) is 4. The highest BCUT2D eigenvalue weighted by atomic mass is 79.9. The molecule has 43 heavy (non-hydrogen) atoms. The summed E-state index contributed by atoms with van der Waals surface area (Å²) in [6, 6.07) is 0. The molecule has 18 heteroatoms. The van der Waals surface area contributed by atoms with E-state index in [1.54, 1.807) is 10.8 Å². The van der Waals surface area contributed by atoms with Crippen LogP contribution in [-0.4, -0.2) is 105 Å². The Morgan fingerprint density at radius 3 is 1.77 bits per heavy atom. The first-order chi connectivity index (χ1) is 20.5. The van der Waals surface area contributed by atoms with Gasteiger partial charge in [-0.05, 0) is 45.7 Å². The summed E-state index contributed by atoms with van der Waals surface area (Å²) in [7, 11) is 0. The van der Waals surface area contributed by atoms with Gasteiger partial charge in [-0.1, -0.05) is 0 Å². The van der Waals surface area contributed by atoms with E-state index < -0.39 is 42.7 Å². The van der Waals surface area contributed by atoms with E-state index in [-0.39, 0.29) is 25.4 Å². The predicted octanol–water partition coefficient (Wildman–Crippen LogP) is 0.573. The molecule has 3 saturated heterocycles. The summed E-state index contributed by atoms with van der Waals surface area (Å²) < 4.78 is 28.1. The average Bonchev–Trinajstić information content (AvgIpc) is 3.73. The standard InChI is InChI=1S/C14H17BrN4O4.C11H13BrN4O4/c1-14(2)22-9-7(4-20)21-13(10(9)23-14)19-3-6(15)8-11(16)17-5-18-12(8)19;12-4-1-16(10-6(4)9(13)14-3-15-10)11-8(19)7(18)5(2-17)20-11/h3,5,7,9-10,13,20H,4H2,1-2H3,(H2,16,17,18);1,3,5,7-8,11,17-19H,2H2,(H2,13,14,15)/t7-,9-,10-,13-;5-,7-,8-,11-/m11/s1. The quantitative estimate of drug-likeness (QED) is 0.169. The number of fused-ring (bicyclic) bond motifs is 3. The van der Waals surface area contributed by atoms with Crippen molar-refractivity contribution >= 4 is 65.6 Å². The molecule has 0 radical (unpaired) electrons. The van der Waals surface area contributed by atoms with Gasteiger partial charge in [-0.3, -0.25) is 0 Å². The summed E-state index contributed by atoms with van der Waals surface area (Å²) in [4.78, 5) is 16.4. The SMILES string of the molecule is CC1(C)O[C@@H]2[C@H](O1)[C@@H](CO)O[C@H]2n1cc(Br)c2c(N)ncnc21.Nc1ncnc2c1c(Br)cn2[C@@H]1O[C@H](CO)[C@@H](O)[C@H]1O. The fourth-order valence-electron chi connectivity index (χ4n) is 5.65. The minimum atomic E-state index is -1.18. The van der Waals surface area contributed by atoms with Crippen molar-refractivity contribution in [1.82, 2.24) is 29.1 Å². The summed E-state index contributed by atoms with van der Waals surface area (Å²) >= 11 is 6.84. The van der Waals surface area contributed by atoms with Crippen LogP contribution in [0.15, 0.2) is 34.0 Å². The number of hydrogen-bond acceptors (Lipinski definition) is 14. The molecule has 3 aliphatic heterocycles. The maximum atomic E-state index is 10.1. The number of rotatable bonds is 4. The van der Waals surface area contributed by atoms with Crippen molar-refractivity contribution in [2.24, 2.45) is 0 Å². The molecular formula is C25H30Br2N8O8. The Hall–Kier alpha value is -2.52. The predicted molar refractivity (Wildman–Crippen MR) is 157 cm³/mol. The summed E-state index contributed by atoms with van der Waals surface area (Å²) in [5.41, 5.74) is 12.8. The lowest BCUT2D eigenvalue weighted by Crippen LogP contribution is -2.33. The van der Waals surface area contributed by atoms with Crippen LogP contribution in [0, 0.1) is 0 Å². The monoisotopic (exact) mass is 728 g/mol. The van der Waals surface area contributed by atoms with Crippen molar-refractivity contribution in [3.8, 4) is 0 Å². The average molecular weight is 730 g/mol. The molecule has 4 aromatic rings. The molecule has 3 fully saturated rings. The maximum Gasteiger partial charge on any atom is 0.164 e. The Bertz CT molecular complexity index is 1650. The fourth-order valence-corrected chi connectivity index (χ4v) is 6.85. The number of aromatic nitrogens is 6. The third-order valence-electron chi connectivity index (χ3n) is 7.56. The largest absolute Gasteiger partial charge is 0.394 e. The van der Waals surface area contributed by atoms with Crippen molar-refractivity contribution in [3.05, 3.63) is 34.0 Å². The van der Waals surface area contributed by atoms with Gasteiger partial charge < -0.3 is 60.0 Å². The minimum absolute atomic E-state index is 0.144. The smallest absolute Gasteiger partial charge is 0.164 e. The lowest BCUT2D eigenvalue weighted by Gasteiger charge is -2.24. The fraction of sp³-hybridized carbons (Fsp3) is 0.520. The summed E-state index contributed by atoms with van der Waals surface area (Å²) in [5, 5.41) is 39.9. The van der Waals surface area contributed by atoms with Crippen molar-refractivity contribution in [3.63, 3.8) is 0 Å². The number of nitrogens with two attached hydrogens (primary N) is 2. The van der Waals surface area contributed by atoms with E-state index in [0.717, 1.165) is 9.86 Å². The first-order valence-electron chi connectivity index (χ1n) is 13.2. The first-order valence-corrected chi connectivity index (χ1v) is 14.8. The zero-order valence-corrected chi connectivity index (χ0v) is 26.0. The molecule has 7 heterocycles. The van der Waals surface area contributed by atoms with Crippen LogP contribution < -0.4 is 11.5 Å². The molecule has 16 nitrogen and oxygen atoms in total. The second-order valence-corrected chi connectivity index (χ2v) is 12.4. The molecule has 0 bridgehead atoms. The van der Waals surface area contributed by atoms with Gasteiger partial charge >= 0.3 is 0 Å². The second-order valence-electron chi connectivity index (χ2n) is 10.7. The van der Waals surface area contributed by atoms with Crippen LogP contribution in [0.4, 0.5) is 11.6 Å². The van der Waals surface area contributed by atoms with Gasteiger partial charge in [0.1, 0.15) is 72.2 Å². The molecule has 8 atom stereocenters. The minimum Gasteiger partial charge on any atom is -0.394 e. The van der Waals surface area contributed by atoms with Gasteiger partial charge in [0, 0.05) is 21.3 Å². The molecule has 0 amide bonds. The number of hydrogen-bond donors (Lipinski definition) is 6. The summed E-state index contributed by atoms with van der Waals surface area (Å²) in [5.74, 6) is -0.0379. The lowest BCUT2D eigenvalue weighted by molar-refractivity contribution is -0.199. The van der Waals surface area contributed by atoms with Crippen LogP contribution in [-0.2, 0) is 18.9 Å². The molecule has 0 spiro atoms. The Labute approximate surface area is 260 Å². The highest BCUT2D eigenvalue weighted by Crippen LogP contribution is 2.45. The van der Waals surface area contributed by atoms with Crippen LogP contribution in [0.2, 0.25) is 0 Å². The number of halogens is 2. The van der Waals surface area contributed by atoms with E-state index in [2.05, 4.69) is 51.8 Å². The van der Waals surface area contributed by atoms with Gasteiger partial charge in [0.05, 0.1) is 24.0 Å². The van der Waals surface area contributed by atoms with Crippen LogP contribution in [0.5, 0.6) is 0 Å². The van der Waals surface area contributed by atoms with Crippen molar-refractivity contribution in [2.45, 2.75) is 68.7 Å². The molecular weight excluding hydrogens is 700 g/mol. The number of aliphatic hydroxyl groups is 4. The zero-order valence-electron chi connectivity index (χ0n) is 22.9. The van der Waals surface area contributed by atoms with Crippen LogP contribution in [0.3, 0.4) is 0 Å². The van der Waals surface area contributed by atoms with Crippen LogP contribution in [0.1, 0.15) is 26.3 Å². The van der Waals surface area contributed by atoms with Gasteiger partial charge in [0.15, 0.2) is 18.2 Å². The molecule has 7 rings (SSSR count). The highest BCUT2D eigenvalue weighted by Gasteiger charge is 2.56. The Balaban J connectivity index is 0.000000155. The Morgan fingerprint density at radius 1 is 0.767 bits per heavy atom. The molecule has 4 aromatic heterocycles. The number of nitrogen functional groups attached to an aromatic ring is 2.